The fourth-order valence-electron chi connectivity index (χ4n) is 0.720. The normalized spacial score (nSPS) is 9.23. The van der Waals surface area contributed by atoms with Crippen LogP contribution in [0.5, 0.6) is 0 Å². The fraction of sp³-hybridized carbons (Fsp3) is 0.500. The summed E-state index contributed by atoms with van der Waals surface area (Å²) in [6, 6.07) is 0. The lowest BCUT2D eigenvalue weighted by Gasteiger charge is -2.14. The average molecular weight is 183 g/mol. The molecule has 0 bridgehead atoms. The Kier molecular flexibility index (Phi) is 5.07. The van der Waals surface area contributed by atoms with Gasteiger partial charge in [0.15, 0.2) is 0 Å². The van der Waals surface area contributed by atoms with Crippen molar-refractivity contribution >= 4 is 5.91 Å². The third-order valence-electron chi connectivity index (χ3n) is 1.62. The molecule has 0 heterocycles. The lowest BCUT2D eigenvalue weighted by atomic mass is 10.1. The van der Waals surface area contributed by atoms with Gasteiger partial charge >= 0.3 is 0 Å². The van der Waals surface area contributed by atoms with Gasteiger partial charge in [0, 0.05) is 12.6 Å². The average Bonchev–Trinajstić information content (AvgIpc) is 2.11. The number of nitrogens with zero attached hydrogens (tertiary/aromatic N) is 1. The van der Waals surface area contributed by atoms with Gasteiger partial charge in [-0.15, -0.1) is 0 Å². The van der Waals surface area contributed by atoms with Gasteiger partial charge in [-0.05, 0) is 20.3 Å². The lowest BCUT2D eigenvalue weighted by Crippen LogP contribution is -2.26. The molecule has 0 radical (unpaired) electrons. The molecule has 3 nitrogen and oxygen atoms in total. The summed E-state index contributed by atoms with van der Waals surface area (Å²) in [5, 5.41) is 1.17. The van der Waals surface area contributed by atoms with Crippen molar-refractivity contribution < 1.29 is 9.63 Å². The maximum atomic E-state index is 11.4. The first-order valence-corrected chi connectivity index (χ1v) is 4.12. The quantitative estimate of drug-likeness (QED) is 0.378. The fourth-order valence-corrected chi connectivity index (χ4v) is 0.720. The third kappa shape index (κ3) is 4.48. The first-order valence-electron chi connectivity index (χ1n) is 4.12. The monoisotopic (exact) mass is 183 g/mol. The summed E-state index contributed by atoms with van der Waals surface area (Å²) in [7, 11) is 3.02. The number of amides is 1. The summed E-state index contributed by atoms with van der Waals surface area (Å²) < 4.78 is 0. The van der Waals surface area contributed by atoms with E-state index in [2.05, 4.69) is 6.58 Å². The van der Waals surface area contributed by atoms with E-state index in [0.29, 0.717) is 12.0 Å². The second-order valence-electron chi connectivity index (χ2n) is 3.07. The molecule has 0 aliphatic rings. The molecular weight excluding hydrogens is 166 g/mol. The minimum atomic E-state index is -0.181. The van der Waals surface area contributed by atoms with Gasteiger partial charge in [0.25, 0.3) is 5.91 Å². The SMILES string of the molecule is C=C(CC=C(C)C)C(=O)N(C)OC. The second kappa shape index (κ2) is 5.54. The van der Waals surface area contributed by atoms with E-state index in [-0.39, 0.29) is 5.91 Å². The first kappa shape index (κ1) is 11.9. The highest BCUT2D eigenvalue weighted by molar-refractivity contribution is 5.92. The number of hydrogen-bond acceptors (Lipinski definition) is 2. The van der Waals surface area contributed by atoms with Crippen molar-refractivity contribution in [2.75, 3.05) is 14.2 Å². The zero-order valence-electron chi connectivity index (χ0n) is 8.76. The summed E-state index contributed by atoms with van der Waals surface area (Å²) in [6.07, 6.45) is 2.54. The number of hydrogen-bond donors (Lipinski definition) is 0. The summed E-state index contributed by atoms with van der Waals surface area (Å²) in [5.41, 5.74) is 1.71. The van der Waals surface area contributed by atoms with E-state index in [4.69, 9.17) is 4.84 Å². The topological polar surface area (TPSA) is 29.5 Å². The molecule has 74 valence electrons. The van der Waals surface area contributed by atoms with Crippen LogP contribution in [-0.2, 0) is 9.63 Å². The molecule has 0 rings (SSSR count). The van der Waals surface area contributed by atoms with Gasteiger partial charge in [0.2, 0.25) is 0 Å². The van der Waals surface area contributed by atoms with Crippen LogP contribution >= 0.6 is 0 Å². The molecule has 0 aliphatic heterocycles. The lowest BCUT2D eigenvalue weighted by molar-refractivity contribution is -0.164. The molecule has 0 aromatic rings. The van der Waals surface area contributed by atoms with Gasteiger partial charge in [-0.2, -0.15) is 0 Å². The summed E-state index contributed by atoms with van der Waals surface area (Å²) in [6.45, 7) is 7.65. The predicted molar refractivity (Wildman–Crippen MR) is 53.0 cm³/mol. The number of carbonyl (C=O) groups is 1. The second-order valence-corrected chi connectivity index (χ2v) is 3.07. The number of rotatable bonds is 4. The molecule has 0 aromatic heterocycles. The summed E-state index contributed by atoms with van der Waals surface area (Å²) in [4.78, 5) is 16.1. The predicted octanol–water partition coefficient (Wildman–Crippen LogP) is 1.92. The smallest absolute Gasteiger partial charge is 0.272 e. The van der Waals surface area contributed by atoms with Crippen LogP contribution in [0.4, 0.5) is 0 Å². The standard InChI is InChI=1S/C10H17NO2/c1-8(2)6-7-9(3)10(12)11(4)13-5/h6H,3,7H2,1-2,4-5H3. The highest BCUT2D eigenvalue weighted by Crippen LogP contribution is 2.05. The summed E-state index contributed by atoms with van der Waals surface area (Å²) in [5.74, 6) is -0.181. The van der Waals surface area contributed by atoms with Crippen molar-refractivity contribution in [2.45, 2.75) is 20.3 Å². The van der Waals surface area contributed by atoms with Crippen LogP contribution in [-0.4, -0.2) is 25.1 Å². The Labute approximate surface area is 79.6 Å². The Balaban J connectivity index is 4.13. The minimum absolute atomic E-state index is 0.181. The zero-order chi connectivity index (χ0) is 10.4. The van der Waals surface area contributed by atoms with Crippen molar-refractivity contribution in [1.82, 2.24) is 5.06 Å². The molecule has 0 spiro atoms. The van der Waals surface area contributed by atoms with Crippen LogP contribution in [0.3, 0.4) is 0 Å². The molecule has 0 unspecified atom stereocenters. The molecule has 0 N–H and O–H groups in total. The van der Waals surface area contributed by atoms with E-state index in [1.165, 1.54) is 17.7 Å². The minimum Gasteiger partial charge on any atom is -0.274 e. The molecule has 0 aromatic carbocycles. The molecule has 3 heteroatoms. The van der Waals surface area contributed by atoms with Gasteiger partial charge in [-0.25, -0.2) is 5.06 Å². The molecule has 0 fully saturated rings. The van der Waals surface area contributed by atoms with Crippen LogP contribution in [0.15, 0.2) is 23.8 Å². The zero-order valence-corrected chi connectivity index (χ0v) is 8.76. The van der Waals surface area contributed by atoms with E-state index < -0.39 is 0 Å². The Hall–Kier alpha value is -1.09. The molecule has 0 atom stereocenters. The number of allylic oxidation sites excluding steroid dienone is 2. The first-order chi connectivity index (χ1) is 5.99. The number of carbonyl (C=O) groups excluding carboxylic acids is 1. The van der Waals surface area contributed by atoms with Crippen LogP contribution in [0.1, 0.15) is 20.3 Å². The van der Waals surface area contributed by atoms with Gasteiger partial charge in [-0.1, -0.05) is 18.2 Å². The maximum absolute atomic E-state index is 11.4. The van der Waals surface area contributed by atoms with Crippen LogP contribution < -0.4 is 0 Å². The van der Waals surface area contributed by atoms with Gasteiger partial charge in [0.1, 0.15) is 0 Å². The highest BCUT2D eigenvalue weighted by Gasteiger charge is 2.10. The van der Waals surface area contributed by atoms with Crippen molar-refractivity contribution in [2.24, 2.45) is 0 Å². The van der Waals surface area contributed by atoms with Crippen molar-refractivity contribution in [3.8, 4) is 0 Å². The van der Waals surface area contributed by atoms with E-state index in [0.717, 1.165) is 0 Å². The van der Waals surface area contributed by atoms with Crippen LogP contribution in [0.25, 0.3) is 0 Å². The Morgan fingerprint density at radius 1 is 1.54 bits per heavy atom. The van der Waals surface area contributed by atoms with Crippen molar-refractivity contribution in [3.63, 3.8) is 0 Å². The van der Waals surface area contributed by atoms with E-state index >= 15 is 0 Å². The van der Waals surface area contributed by atoms with E-state index in [1.807, 2.05) is 19.9 Å². The third-order valence-corrected chi connectivity index (χ3v) is 1.62. The van der Waals surface area contributed by atoms with Crippen LogP contribution in [0.2, 0.25) is 0 Å². The van der Waals surface area contributed by atoms with Crippen LogP contribution in [0, 0.1) is 0 Å². The molecule has 0 aliphatic carbocycles. The van der Waals surface area contributed by atoms with Gasteiger partial charge in [0.05, 0.1) is 7.11 Å². The Bertz CT molecular complexity index is 227. The summed E-state index contributed by atoms with van der Waals surface area (Å²) >= 11 is 0. The number of likely N-dealkylation sites (N-methyl/N-ethyl adjacent to an activating group) is 1. The molecule has 0 saturated carbocycles. The van der Waals surface area contributed by atoms with Gasteiger partial charge < -0.3 is 0 Å². The number of hydroxylamine groups is 2. The largest absolute Gasteiger partial charge is 0.274 e. The highest BCUT2D eigenvalue weighted by atomic mass is 16.7. The Morgan fingerprint density at radius 3 is 2.46 bits per heavy atom. The Morgan fingerprint density at radius 2 is 2.08 bits per heavy atom. The van der Waals surface area contributed by atoms with Crippen molar-refractivity contribution in [1.29, 1.82) is 0 Å². The molecule has 1 amide bonds. The van der Waals surface area contributed by atoms with E-state index in [9.17, 15) is 4.79 Å². The van der Waals surface area contributed by atoms with Gasteiger partial charge in [-0.3, -0.25) is 9.63 Å². The molecule has 13 heavy (non-hydrogen) atoms. The van der Waals surface area contributed by atoms with E-state index in [1.54, 1.807) is 7.05 Å². The van der Waals surface area contributed by atoms with Crippen molar-refractivity contribution in [3.05, 3.63) is 23.8 Å². The maximum Gasteiger partial charge on any atom is 0.272 e. The molecule has 0 saturated heterocycles. The molecular formula is C10H17NO2.